The minimum Gasteiger partial charge on any atom is -0.389 e. The highest BCUT2D eigenvalue weighted by Gasteiger charge is 2.27. The van der Waals surface area contributed by atoms with Crippen LogP contribution in [0.25, 0.3) is 0 Å². The van der Waals surface area contributed by atoms with Crippen LogP contribution in [0.5, 0.6) is 0 Å². The van der Waals surface area contributed by atoms with E-state index in [2.05, 4.69) is 15.2 Å². The first-order valence-electron chi connectivity index (χ1n) is 6.83. The fraction of sp³-hybridized carbons (Fsp3) is 0.769. The average Bonchev–Trinajstić information content (AvgIpc) is 2.66. The summed E-state index contributed by atoms with van der Waals surface area (Å²) < 4.78 is 0.471. The van der Waals surface area contributed by atoms with Crippen molar-refractivity contribution in [3.05, 3.63) is 14.5 Å². The molecule has 0 aromatic carbocycles. The Labute approximate surface area is 134 Å². The molecule has 0 spiro atoms. The van der Waals surface area contributed by atoms with Gasteiger partial charge in [0.2, 0.25) is 0 Å². The molecule has 0 saturated carbocycles. The Morgan fingerprint density at radius 3 is 2.55 bits per heavy atom. The predicted octanol–water partition coefficient (Wildman–Crippen LogP) is 2.77. The summed E-state index contributed by atoms with van der Waals surface area (Å²) in [6.45, 7) is 7.01. The highest BCUT2D eigenvalue weighted by atomic mass is 35.5. The van der Waals surface area contributed by atoms with Crippen LogP contribution in [0, 0.1) is 0 Å². The zero-order valence-electron chi connectivity index (χ0n) is 11.8. The van der Waals surface area contributed by atoms with Gasteiger partial charge in [0.05, 0.1) is 10.5 Å². The normalized spacial score (nSPS) is 17.9. The third-order valence-corrected chi connectivity index (χ3v) is 4.95. The van der Waals surface area contributed by atoms with Gasteiger partial charge >= 0.3 is 0 Å². The van der Waals surface area contributed by atoms with E-state index in [9.17, 15) is 5.11 Å². The summed E-state index contributed by atoms with van der Waals surface area (Å²) >= 11 is 13.4. The smallest absolute Gasteiger partial charge is 0.185 e. The number of hydrogen-bond donors (Lipinski definition) is 2. The molecular weight excluding hydrogens is 317 g/mol. The van der Waals surface area contributed by atoms with Crippen LogP contribution in [-0.4, -0.2) is 46.3 Å². The summed E-state index contributed by atoms with van der Waals surface area (Å²) in [5.74, 6) is 0. The van der Waals surface area contributed by atoms with Crippen LogP contribution < -0.4 is 5.32 Å². The second kappa shape index (κ2) is 6.90. The summed E-state index contributed by atoms with van der Waals surface area (Å²) in [5.41, 5.74) is -0.730. The van der Waals surface area contributed by atoms with Gasteiger partial charge in [-0.05, 0) is 39.8 Å². The van der Waals surface area contributed by atoms with Crippen molar-refractivity contribution in [2.24, 2.45) is 0 Å². The van der Waals surface area contributed by atoms with Crippen molar-refractivity contribution in [3.63, 3.8) is 0 Å². The van der Waals surface area contributed by atoms with Gasteiger partial charge < -0.3 is 10.4 Å². The van der Waals surface area contributed by atoms with Crippen LogP contribution >= 0.6 is 34.5 Å². The lowest BCUT2D eigenvalue weighted by Gasteiger charge is -2.37. The number of rotatable bonds is 5. The van der Waals surface area contributed by atoms with Crippen LogP contribution in [0.1, 0.15) is 31.6 Å². The maximum absolute atomic E-state index is 10.1. The number of nitrogens with zero attached hydrogens (tertiary/aromatic N) is 2. The molecule has 0 bridgehead atoms. The van der Waals surface area contributed by atoms with Gasteiger partial charge in [-0.25, -0.2) is 4.98 Å². The first-order valence-corrected chi connectivity index (χ1v) is 8.40. The van der Waals surface area contributed by atoms with Crippen molar-refractivity contribution in [1.82, 2.24) is 15.2 Å². The van der Waals surface area contributed by atoms with Gasteiger partial charge in [-0.1, -0.05) is 23.2 Å². The predicted molar refractivity (Wildman–Crippen MR) is 84.7 cm³/mol. The quantitative estimate of drug-likeness (QED) is 0.867. The first kappa shape index (κ1) is 16.5. The summed E-state index contributed by atoms with van der Waals surface area (Å²) in [5, 5.41) is 14.0. The number of halogens is 2. The lowest BCUT2D eigenvalue weighted by atomic mass is 10.0. The Bertz CT molecular complexity index is 441. The van der Waals surface area contributed by atoms with Gasteiger partial charge in [-0.3, -0.25) is 4.90 Å². The first-order chi connectivity index (χ1) is 9.35. The third-order valence-electron chi connectivity index (χ3n) is 3.39. The Hall–Kier alpha value is 0.0900. The number of nitrogens with one attached hydrogen (secondary N) is 1. The fourth-order valence-corrected chi connectivity index (χ4v) is 3.99. The number of hydrogen-bond acceptors (Lipinski definition) is 5. The molecule has 0 atom stereocenters. The van der Waals surface area contributed by atoms with Gasteiger partial charge in [-0.2, -0.15) is 0 Å². The molecule has 7 heteroatoms. The maximum atomic E-state index is 10.1. The van der Waals surface area contributed by atoms with Gasteiger partial charge in [-0.15, -0.1) is 11.3 Å². The molecule has 1 aromatic rings. The zero-order chi connectivity index (χ0) is 14.8. The number of piperidine rings is 1. The number of aromatic nitrogens is 1. The van der Waals surface area contributed by atoms with Crippen molar-refractivity contribution in [2.45, 2.75) is 44.9 Å². The van der Waals surface area contributed by atoms with E-state index in [0.717, 1.165) is 30.8 Å². The Morgan fingerprint density at radius 2 is 2.05 bits per heavy atom. The van der Waals surface area contributed by atoms with E-state index in [-0.39, 0.29) is 0 Å². The molecule has 1 aliphatic rings. The van der Waals surface area contributed by atoms with E-state index < -0.39 is 5.60 Å². The minimum atomic E-state index is -0.730. The molecule has 1 aliphatic heterocycles. The van der Waals surface area contributed by atoms with Gasteiger partial charge in [0.1, 0.15) is 5.15 Å². The molecule has 0 unspecified atom stereocenters. The minimum absolute atomic E-state index is 0.458. The maximum Gasteiger partial charge on any atom is 0.185 e. The molecule has 1 saturated heterocycles. The molecule has 2 heterocycles. The molecular formula is C13H21Cl2N3OS. The van der Waals surface area contributed by atoms with Crippen LogP contribution in [0.4, 0.5) is 0 Å². The molecule has 4 nitrogen and oxygen atoms in total. The van der Waals surface area contributed by atoms with Crippen molar-refractivity contribution in [2.75, 3.05) is 19.6 Å². The monoisotopic (exact) mass is 337 g/mol. The Morgan fingerprint density at radius 1 is 1.40 bits per heavy atom. The second-order valence-corrected chi connectivity index (χ2v) is 7.90. The lowest BCUT2D eigenvalue weighted by molar-refractivity contribution is 0.0117. The second-order valence-electron chi connectivity index (χ2n) is 5.88. The SMILES string of the molecule is CC(C)(O)CN(Cc1sc(Cl)nc1Cl)C1CCNCC1. The molecule has 2 rings (SSSR count). The highest BCUT2D eigenvalue weighted by Crippen LogP contribution is 2.29. The molecule has 0 aliphatic carbocycles. The van der Waals surface area contributed by atoms with E-state index in [0.29, 0.717) is 28.8 Å². The zero-order valence-corrected chi connectivity index (χ0v) is 14.2. The van der Waals surface area contributed by atoms with E-state index in [1.54, 1.807) is 0 Å². The Kier molecular flexibility index (Phi) is 5.68. The molecule has 0 amide bonds. The van der Waals surface area contributed by atoms with Crippen molar-refractivity contribution in [3.8, 4) is 0 Å². The van der Waals surface area contributed by atoms with Crippen molar-refractivity contribution < 1.29 is 5.11 Å². The number of aliphatic hydroxyl groups is 1. The van der Waals surface area contributed by atoms with E-state index in [1.165, 1.54) is 11.3 Å². The van der Waals surface area contributed by atoms with E-state index in [4.69, 9.17) is 23.2 Å². The van der Waals surface area contributed by atoms with E-state index in [1.807, 2.05) is 13.8 Å². The van der Waals surface area contributed by atoms with Crippen LogP contribution in [0.3, 0.4) is 0 Å². The Balaban J connectivity index is 2.11. The third kappa shape index (κ3) is 4.83. The number of thiazole rings is 1. The van der Waals surface area contributed by atoms with Gasteiger partial charge in [0.15, 0.2) is 4.47 Å². The van der Waals surface area contributed by atoms with Crippen molar-refractivity contribution in [1.29, 1.82) is 0 Å². The summed E-state index contributed by atoms with van der Waals surface area (Å²) in [7, 11) is 0. The largest absolute Gasteiger partial charge is 0.389 e. The summed E-state index contributed by atoms with van der Waals surface area (Å²) in [6, 6.07) is 0.458. The van der Waals surface area contributed by atoms with Gasteiger partial charge in [0.25, 0.3) is 0 Å². The lowest BCUT2D eigenvalue weighted by Crippen LogP contribution is -2.48. The van der Waals surface area contributed by atoms with E-state index >= 15 is 0 Å². The standard InChI is InChI=1S/C13H21Cl2N3OS/c1-13(2,19)8-18(9-3-5-16-6-4-9)7-10-11(14)17-12(15)20-10/h9,16,19H,3-8H2,1-2H3. The van der Waals surface area contributed by atoms with Crippen LogP contribution in [0.15, 0.2) is 0 Å². The molecule has 20 heavy (non-hydrogen) atoms. The highest BCUT2D eigenvalue weighted by molar-refractivity contribution is 7.16. The van der Waals surface area contributed by atoms with Gasteiger partial charge in [0, 0.05) is 19.1 Å². The molecule has 0 radical (unpaired) electrons. The molecule has 114 valence electrons. The average molecular weight is 338 g/mol. The van der Waals surface area contributed by atoms with Crippen LogP contribution in [0.2, 0.25) is 9.62 Å². The van der Waals surface area contributed by atoms with Crippen LogP contribution in [-0.2, 0) is 6.54 Å². The fourth-order valence-electron chi connectivity index (χ4n) is 2.57. The summed E-state index contributed by atoms with van der Waals surface area (Å²) in [6.07, 6.45) is 2.17. The van der Waals surface area contributed by atoms with Crippen molar-refractivity contribution >= 4 is 34.5 Å². The molecule has 1 fully saturated rings. The topological polar surface area (TPSA) is 48.4 Å². The molecule has 2 N–H and O–H groups in total. The summed E-state index contributed by atoms with van der Waals surface area (Å²) in [4.78, 5) is 7.33. The molecule has 1 aromatic heterocycles.